The highest BCUT2D eigenvalue weighted by Crippen LogP contribution is 2.17. The van der Waals surface area contributed by atoms with Crippen molar-refractivity contribution in [1.29, 1.82) is 0 Å². The van der Waals surface area contributed by atoms with Crippen molar-refractivity contribution in [3.05, 3.63) is 108 Å². The zero-order valence-corrected chi connectivity index (χ0v) is 18.1. The van der Waals surface area contributed by atoms with Gasteiger partial charge in [-0.1, -0.05) is 54.6 Å². The number of nitrogens with one attached hydrogen (secondary N) is 3. The Morgan fingerprint density at radius 3 is 2.19 bits per heavy atom. The number of thiocarbonyl (C=S) groups is 1. The average Bonchev–Trinajstić information content (AvgIpc) is 2.80. The number of carbonyl (C=O) groups is 1. The van der Waals surface area contributed by atoms with Crippen molar-refractivity contribution in [3.63, 3.8) is 0 Å². The molecule has 0 aliphatic carbocycles. The molecule has 160 valence electrons. The first-order chi connectivity index (χ1) is 15.6. The van der Waals surface area contributed by atoms with Crippen LogP contribution in [0.5, 0.6) is 0 Å². The molecule has 4 aromatic carbocycles. The summed E-state index contributed by atoms with van der Waals surface area (Å²) in [6.45, 7) is 0.709. The van der Waals surface area contributed by atoms with E-state index in [2.05, 4.69) is 46.3 Å². The summed E-state index contributed by atoms with van der Waals surface area (Å²) in [7, 11) is 0. The molecule has 1 amide bonds. The fourth-order valence-electron chi connectivity index (χ4n) is 3.37. The lowest BCUT2D eigenvalue weighted by atomic mass is 10.1. The number of carbonyl (C=O) groups excluding carboxylic acids is 1. The number of anilines is 2. The van der Waals surface area contributed by atoms with Gasteiger partial charge < -0.3 is 16.0 Å². The Balaban J connectivity index is 1.26. The molecule has 4 rings (SSSR count). The molecule has 3 N–H and O–H groups in total. The van der Waals surface area contributed by atoms with Crippen LogP contribution in [0.1, 0.15) is 15.9 Å². The van der Waals surface area contributed by atoms with E-state index < -0.39 is 11.7 Å². The van der Waals surface area contributed by atoms with Gasteiger partial charge in [0.1, 0.15) is 5.82 Å². The summed E-state index contributed by atoms with van der Waals surface area (Å²) < 4.78 is 13.7. The second-order valence-corrected chi connectivity index (χ2v) is 7.73. The highest BCUT2D eigenvalue weighted by molar-refractivity contribution is 7.80. The standard InChI is InChI=1S/C26H22FN3OS/c27-24-8-4-3-7-23(24)25(31)29-21-11-13-22(14-12-21)30-26(32)28-16-15-18-9-10-19-5-1-2-6-20(19)17-18/h1-14,17H,15-16H2,(H,29,31)(H2,28,30,32). The molecular formula is C26H22FN3OS. The van der Waals surface area contributed by atoms with Crippen molar-refractivity contribution in [3.8, 4) is 0 Å². The van der Waals surface area contributed by atoms with Gasteiger partial charge in [0.25, 0.3) is 5.91 Å². The van der Waals surface area contributed by atoms with Crippen LogP contribution in [0.25, 0.3) is 10.8 Å². The first kappa shape index (κ1) is 21.5. The average molecular weight is 444 g/mol. The minimum absolute atomic E-state index is 0.00601. The number of amides is 1. The molecule has 0 saturated carbocycles. The normalized spacial score (nSPS) is 10.5. The quantitative estimate of drug-likeness (QED) is 0.332. The van der Waals surface area contributed by atoms with Crippen molar-refractivity contribution < 1.29 is 9.18 Å². The van der Waals surface area contributed by atoms with Crippen molar-refractivity contribution >= 4 is 45.4 Å². The van der Waals surface area contributed by atoms with Gasteiger partial charge in [0.15, 0.2) is 5.11 Å². The maximum absolute atomic E-state index is 13.7. The van der Waals surface area contributed by atoms with Crippen molar-refractivity contribution in [2.75, 3.05) is 17.2 Å². The molecule has 0 aliphatic heterocycles. The number of benzene rings is 4. The van der Waals surface area contributed by atoms with Gasteiger partial charge in [-0.25, -0.2) is 4.39 Å². The molecular weight excluding hydrogens is 421 g/mol. The molecule has 0 heterocycles. The van der Waals surface area contributed by atoms with Crippen LogP contribution in [-0.4, -0.2) is 17.6 Å². The summed E-state index contributed by atoms with van der Waals surface area (Å²) in [6, 6.07) is 27.7. The molecule has 0 spiro atoms. The van der Waals surface area contributed by atoms with E-state index in [1.807, 2.05) is 12.1 Å². The lowest BCUT2D eigenvalue weighted by Gasteiger charge is -2.12. The van der Waals surface area contributed by atoms with E-state index in [0.717, 1.165) is 12.1 Å². The molecule has 0 aromatic heterocycles. The topological polar surface area (TPSA) is 53.2 Å². The van der Waals surface area contributed by atoms with Gasteiger partial charge >= 0.3 is 0 Å². The van der Waals surface area contributed by atoms with E-state index in [4.69, 9.17) is 12.2 Å². The first-order valence-corrected chi connectivity index (χ1v) is 10.7. The molecule has 4 nitrogen and oxygen atoms in total. The van der Waals surface area contributed by atoms with Crippen LogP contribution in [0, 0.1) is 5.82 Å². The van der Waals surface area contributed by atoms with Gasteiger partial charge in [-0.2, -0.15) is 0 Å². The van der Waals surface area contributed by atoms with E-state index >= 15 is 0 Å². The summed E-state index contributed by atoms with van der Waals surface area (Å²) in [4.78, 5) is 12.2. The molecule has 0 radical (unpaired) electrons. The molecule has 6 heteroatoms. The van der Waals surface area contributed by atoms with Crippen LogP contribution in [0.3, 0.4) is 0 Å². The van der Waals surface area contributed by atoms with Crippen molar-refractivity contribution in [2.24, 2.45) is 0 Å². The maximum Gasteiger partial charge on any atom is 0.258 e. The lowest BCUT2D eigenvalue weighted by molar-refractivity contribution is 0.102. The third kappa shape index (κ3) is 5.47. The Kier molecular flexibility index (Phi) is 6.72. The minimum Gasteiger partial charge on any atom is -0.362 e. The molecule has 0 aliphatic rings. The number of rotatable bonds is 6. The molecule has 4 aromatic rings. The SMILES string of the molecule is O=C(Nc1ccc(NC(=S)NCCc2ccc3ccccc3c2)cc1)c1ccccc1F. The number of halogens is 1. The molecule has 0 saturated heterocycles. The smallest absolute Gasteiger partial charge is 0.258 e. The molecule has 0 unspecified atom stereocenters. The Hall–Kier alpha value is -3.77. The van der Waals surface area contributed by atoms with Gasteiger partial charge in [-0.05, 0) is 71.4 Å². The van der Waals surface area contributed by atoms with E-state index in [9.17, 15) is 9.18 Å². The molecule has 32 heavy (non-hydrogen) atoms. The zero-order valence-electron chi connectivity index (χ0n) is 17.3. The van der Waals surface area contributed by atoms with Crippen LogP contribution in [0.15, 0.2) is 91.0 Å². The van der Waals surface area contributed by atoms with Crippen LogP contribution in [-0.2, 0) is 6.42 Å². The van der Waals surface area contributed by atoms with Crippen molar-refractivity contribution in [2.45, 2.75) is 6.42 Å². The number of fused-ring (bicyclic) bond motifs is 1. The zero-order chi connectivity index (χ0) is 22.3. The molecule has 0 atom stereocenters. The second-order valence-electron chi connectivity index (χ2n) is 7.32. The van der Waals surface area contributed by atoms with Crippen LogP contribution in [0.4, 0.5) is 15.8 Å². The predicted molar refractivity (Wildman–Crippen MR) is 133 cm³/mol. The maximum atomic E-state index is 13.7. The van der Waals surface area contributed by atoms with Crippen LogP contribution < -0.4 is 16.0 Å². The summed E-state index contributed by atoms with van der Waals surface area (Å²) in [6.07, 6.45) is 0.855. The summed E-state index contributed by atoms with van der Waals surface area (Å²) in [5.74, 6) is -1.04. The van der Waals surface area contributed by atoms with E-state index in [-0.39, 0.29) is 5.56 Å². The van der Waals surface area contributed by atoms with Crippen LogP contribution in [0.2, 0.25) is 0 Å². The van der Waals surface area contributed by atoms with Gasteiger partial charge in [0.05, 0.1) is 5.56 Å². The summed E-state index contributed by atoms with van der Waals surface area (Å²) in [5, 5.41) is 12.0. The fourth-order valence-corrected chi connectivity index (χ4v) is 3.59. The lowest BCUT2D eigenvalue weighted by Crippen LogP contribution is -2.30. The van der Waals surface area contributed by atoms with Gasteiger partial charge in [-0.3, -0.25) is 4.79 Å². The first-order valence-electron chi connectivity index (χ1n) is 10.3. The minimum atomic E-state index is -0.552. The predicted octanol–water partition coefficient (Wildman–Crippen LogP) is 5.76. The largest absolute Gasteiger partial charge is 0.362 e. The third-order valence-electron chi connectivity index (χ3n) is 5.03. The Bertz CT molecular complexity index is 1260. The monoisotopic (exact) mass is 443 g/mol. The summed E-state index contributed by atoms with van der Waals surface area (Å²) >= 11 is 5.38. The fraction of sp³-hybridized carbons (Fsp3) is 0.0769. The second kappa shape index (κ2) is 10.0. The molecule has 0 bridgehead atoms. The Morgan fingerprint density at radius 1 is 0.781 bits per heavy atom. The number of hydrogen-bond donors (Lipinski definition) is 3. The van der Waals surface area contributed by atoms with Crippen LogP contribution >= 0.6 is 12.2 Å². The van der Waals surface area contributed by atoms with Gasteiger partial charge in [0, 0.05) is 17.9 Å². The molecule has 0 fully saturated rings. The highest BCUT2D eigenvalue weighted by Gasteiger charge is 2.10. The Morgan fingerprint density at radius 2 is 1.44 bits per heavy atom. The van der Waals surface area contributed by atoms with E-state index in [1.54, 1.807) is 36.4 Å². The van der Waals surface area contributed by atoms with Crippen molar-refractivity contribution in [1.82, 2.24) is 5.32 Å². The van der Waals surface area contributed by atoms with E-state index in [1.165, 1.54) is 28.5 Å². The highest BCUT2D eigenvalue weighted by atomic mass is 32.1. The van der Waals surface area contributed by atoms with E-state index in [0.29, 0.717) is 17.3 Å². The number of hydrogen-bond acceptors (Lipinski definition) is 2. The van der Waals surface area contributed by atoms with Gasteiger partial charge in [0.2, 0.25) is 0 Å². The Labute approximate surface area is 191 Å². The summed E-state index contributed by atoms with van der Waals surface area (Å²) in [5.41, 5.74) is 2.61. The third-order valence-corrected chi connectivity index (χ3v) is 5.28. The van der Waals surface area contributed by atoms with Gasteiger partial charge in [-0.15, -0.1) is 0 Å².